The summed E-state index contributed by atoms with van der Waals surface area (Å²) in [6.45, 7) is 7.76. The van der Waals surface area contributed by atoms with Gasteiger partial charge in [0.15, 0.2) is 11.7 Å². The quantitative estimate of drug-likeness (QED) is 0.326. The molecule has 2 heterocycles. The van der Waals surface area contributed by atoms with Crippen LogP contribution in [0, 0.1) is 11.3 Å². The summed E-state index contributed by atoms with van der Waals surface area (Å²) in [6.07, 6.45) is -3.15. The molecular weight excluding hydrogens is 614 g/mol. The van der Waals surface area contributed by atoms with E-state index in [-0.39, 0.29) is 24.0 Å². The van der Waals surface area contributed by atoms with E-state index in [1.165, 1.54) is 38.4 Å². The lowest BCUT2D eigenvalue weighted by Gasteiger charge is -2.65. The molecule has 1 aromatic carbocycles. The number of nitrogens with zero attached hydrogens (tertiary/aromatic N) is 1. The number of benzene rings is 1. The van der Waals surface area contributed by atoms with Gasteiger partial charge >= 0.3 is 29.8 Å². The molecule has 3 aliphatic rings. The van der Waals surface area contributed by atoms with Gasteiger partial charge in [-0.2, -0.15) is 0 Å². The average molecular weight is 654 g/mol. The molecule has 0 radical (unpaired) electrons. The van der Waals surface area contributed by atoms with Crippen molar-refractivity contribution < 1.29 is 57.5 Å². The van der Waals surface area contributed by atoms with Gasteiger partial charge < -0.3 is 33.5 Å². The van der Waals surface area contributed by atoms with E-state index in [4.69, 9.17) is 28.4 Å². The van der Waals surface area contributed by atoms with Crippen molar-refractivity contribution in [2.75, 3.05) is 6.61 Å². The van der Waals surface area contributed by atoms with Crippen LogP contribution in [0.25, 0.3) is 0 Å². The second-order valence-corrected chi connectivity index (χ2v) is 13.1. The van der Waals surface area contributed by atoms with Gasteiger partial charge in [0.05, 0.1) is 22.3 Å². The van der Waals surface area contributed by atoms with Gasteiger partial charge in [-0.3, -0.25) is 19.4 Å². The molecule has 2 saturated carbocycles. The summed E-state index contributed by atoms with van der Waals surface area (Å²) in [5.41, 5.74) is -7.00. The largest absolute Gasteiger partial charge is 0.465 e. The SMILES string of the molecule is CC(=O)OCC12C(OC(=O)c3ccccc3)CC3C(OC(C)=O)C1(OC3(C)C)C(C)(O)CC(OC(C)=O)C2OC(=O)c1cccnc1. The predicted molar refractivity (Wildman–Crippen MR) is 161 cm³/mol. The zero-order chi connectivity index (χ0) is 34.4. The van der Waals surface area contributed by atoms with Gasteiger partial charge in [-0.1, -0.05) is 18.2 Å². The molecule has 1 N–H and O–H groups in total. The van der Waals surface area contributed by atoms with Crippen molar-refractivity contribution in [1.29, 1.82) is 0 Å². The van der Waals surface area contributed by atoms with Crippen LogP contribution in [0.4, 0.5) is 0 Å². The van der Waals surface area contributed by atoms with Crippen molar-refractivity contribution in [3.05, 3.63) is 66.0 Å². The van der Waals surface area contributed by atoms with Gasteiger partial charge in [0.25, 0.3) is 0 Å². The molecule has 2 aromatic rings. The van der Waals surface area contributed by atoms with E-state index in [2.05, 4.69) is 4.98 Å². The standard InChI is InChI=1S/C34H39NO12/c1-19(36)42-18-33-26(45-29(39)22-11-8-7-9-12-22)15-24-27(44-21(3)38)34(33,47-31(24,4)5)32(6,41)16-25(43-20(2)37)28(33)46-30(40)23-13-10-14-35-17-23/h7-14,17,24-28,41H,15-16,18H2,1-6H3. The first-order valence-corrected chi connectivity index (χ1v) is 15.3. The molecule has 13 heteroatoms. The Hall–Kier alpha value is -4.36. The van der Waals surface area contributed by atoms with Crippen LogP contribution < -0.4 is 0 Å². The van der Waals surface area contributed by atoms with Crippen LogP contribution in [-0.2, 0) is 42.8 Å². The van der Waals surface area contributed by atoms with Crippen molar-refractivity contribution in [2.24, 2.45) is 11.3 Å². The average Bonchev–Trinajstić information content (AvgIpc) is 3.16. The second kappa shape index (κ2) is 12.3. The maximum atomic E-state index is 13.8. The lowest BCUT2D eigenvalue weighted by atomic mass is 9.46. The van der Waals surface area contributed by atoms with Gasteiger partial charge in [-0.15, -0.1) is 0 Å². The summed E-state index contributed by atoms with van der Waals surface area (Å²) in [7, 11) is 0. The molecule has 252 valence electrons. The fourth-order valence-electron chi connectivity index (χ4n) is 7.87. The van der Waals surface area contributed by atoms with E-state index in [0.29, 0.717) is 0 Å². The summed E-state index contributed by atoms with van der Waals surface area (Å²) in [6, 6.07) is 11.1. The Kier molecular flexibility index (Phi) is 8.93. The number of carbonyl (C=O) groups is 5. The molecule has 8 atom stereocenters. The number of ether oxygens (including phenoxy) is 6. The van der Waals surface area contributed by atoms with Crippen LogP contribution in [0.15, 0.2) is 54.9 Å². The fourth-order valence-corrected chi connectivity index (χ4v) is 7.87. The molecule has 8 unspecified atom stereocenters. The number of fused-ring (bicyclic) bond motifs is 1. The summed E-state index contributed by atoms with van der Waals surface area (Å²) in [5, 5.41) is 12.6. The highest BCUT2D eigenvalue weighted by Gasteiger charge is 2.86. The summed E-state index contributed by atoms with van der Waals surface area (Å²) in [5.74, 6) is -4.53. The number of rotatable bonds is 8. The molecule has 2 aliphatic carbocycles. The normalized spacial score (nSPS) is 33.5. The summed E-state index contributed by atoms with van der Waals surface area (Å²) < 4.78 is 36.7. The first-order chi connectivity index (χ1) is 22.1. The van der Waals surface area contributed by atoms with Gasteiger partial charge in [0.2, 0.25) is 0 Å². The van der Waals surface area contributed by atoms with E-state index in [9.17, 15) is 29.1 Å². The smallest absolute Gasteiger partial charge is 0.340 e. The predicted octanol–water partition coefficient (Wildman–Crippen LogP) is 2.97. The van der Waals surface area contributed by atoms with Gasteiger partial charge in [-0.05, 0) is 51.5 Å². The van der Waals surface area contributed by atoms with Crippen molar-refractivity contribution in [3.63, 3.8) is 0 Å². The highest BCUT2D eigenvalue weighted by Crippen LogP contribution is 2.69. The lowest BCUT2D eigenvalue weighted by molar-refractivity contribution is -0.354. The zero-order valence-electron chi connectivity index (χ0n) is 27.1. The third kappa shape index (κ3) is 5.75. The van der Waals surface area contributed by atoms with Crippen molar-refractivity contribution in [1.82, 2.24) is 4.98 Å². The third-order valence-corrected chi connectivity index (χ3v) is 9.58. The van der Waals surface area contributed by atoms with Crippen LogP contribution in [0.1, 0.15) is 75.1 Å². The van der Waals surface area contributed by atoms with Crippen LogP contribution in [0.5, 0.6) is 0 Å². The topological polar surface area (TPSA) is 174 Å². The van der Waals surface area contributed by atoms with Gasteiger partial charge in [0, 0.05) is 45.5 Å². The molecule has 13 nitrogen and oxygen atoms in total. The Bertz CT molecular complexity index is 1540. The lowest BCUT2D eigenvalue weighted by Crippen LogP contribution is -2.83. The Balaban J connectivity index is 1.81. The Morgan fingerprint density at radius 3 is 2.06 bits per heavy atom. The zero-order valence-corrected chi connectivity index (χ0v) is 27.1. The van der Waals surface area contributed by atoms with Gasteiger partial charge in [0.1, 0.15) is 30.3 Å². The molecule has 1 aromatic heterocycles. The number of aliphatic hydroxyl groups is 1. The molecule has 1 aliphatic heterocycles. The van der Waals surface area contributed by atoms with E-state index in [0.717, 1.165) is 13.8 Å². The third-order valence-electron chi connectivity index (χ3n) is 9.58. The van der Waals surface area contributed by atoms with E-state index < -0.39 is 89.0 Å². The van der Waals surface area contributed by atoms with E-state index in [1.807, 2.05) is 0 Å². The van der Waals surface area contributed by atoms with Crippen molar-refractivity contribution in [3.8, 4) is 0 Å². The van der Waals surface area contributed by atoms with Crippen molar-refractivity contribution in [2.45, 2.75) is 95.6 Å². The number of aromatic nitrogens is 1. The minimum atomic E-state index is -2.05. The second-order valence-electron chi connectivity index (χ2n) is 13.1. The van der Waals surface area contributed by atoms with Crippen LogP contribution in [-0.4, -0.2) is 87.8 Å². The molecule has 1 saturated heterocycles. The molecular formula is C34H39NO12. The van der Waals surface area contributed by atoms with Crippen molar-refractivity contribution >= 4 is 29.8 Å². The van der Waals surface area contributed by atoms with Gasteiger partial charge in [-0.25, -0.2) is 9.59 Å². The molecule has 3 fully saturated rings. The fraction of sp³-hybridized carbons (Fsp3) is 0.529. The number of hydrogen-bond donors (Lipinski definition) is 1. The Morgan fingerprint density at radius 1 is 0.830 bits per heavy atom. The van der Waals surface area contributed by atoms with E-state index >= 15 is 0 Å². The van der Waals surface area contributed by atoms with Crippen LogP contribution in [0.2, 0.25) is 0 Å². The van der Waals surface area contributed by atoms with E-state index in [1.54, 1.807) is 44.2 Å². The van der Waals surface area contributed by atoms with Crippen LogP contribution in [0.3, 0.4) is 0 Å². The van der Waals surface area contributed by atoms with Crippen LogP contribution >= 0.6 is 0 Å². The highest BCUT2D eigenvalue weighted by atomic mass is 16.6. The minimum Gasteiger partial charge on any atom is -0.465 e. The number of hydrogen-bond acceptors (Lipinski definition) is 13. The minimum absolute atomic E-state index is 0.0406. The summed E-state index contributed by atoms with van der Waals surface area (Å²) in [4.78, 5) is 69.3. The maximum absolute atomic E-state index is 13.8. The molecule has 47 heavy (non-hydrogen) atoms. The molecule has 5 rings (SSSR count). The maximum Gasteiger partial charge on any atom is 0.340 e. The first-order valence-electron chi connectivity index (χ1n) is 15.3. The number of esters is 5. The monoisotopic (exact) mass is 653 g/mol. The molecule has 2 bridgehead atoms. The summed E-state index contributed by atoms with van der Waals surface area (Å²) >= 11 is 0. The molecule has 0 amide bonds. The highest BCUT2D eigenvalue weighted by molar-refractivity contribution is 5.90. The Morgan fingerprint density at radius 2 is 1.47 bits per heavy atom. The number of carbonyl (C=O) groups excluding carboxylic acids is 5. The first kappa shape index (κ1) is 34.0. The Labute approximate surface area is 271 Å². The number of pyridine rings is 1. The molecule has 1 spiro atoms.